The van der Waals surface area contributed by atoms with Crippen LogP contribution in [0.25, 0.3) is 16.3 Å². The van der Waals surface area contributed by atoms with Crippen LogP contribution in [-0.4, -0.2) is 22.5 Å². The molecule has 6 nitrogen and oxygen atoms in total. The maximum absolute atomic E-state index is 13.6. The van der Waals surface area contributed by atoms with Crippen LogP contribution in [0.4, 0.5) is 10.1 Å². The molecule has 21 heavy (non-hydrogen) atoms. The SMILES string of the molecule is CCOC(=O)/C=C/c1nc2c(Cl)cc(F)c([N+](=O)[O-])c2s1. The summed E-state index contributed by atoms with van der Waals surface area (Å²) in [4.78, 5) is 25.3. The third kappa shape index (κ3) is 3.17. The highest BCUT2D eigenvalue weighted by Gasteiger charge is 2.24. The molecule has 0 amide bonds. The number of carbonyl (C=O) groups is 1. The highest BCUT2D eigenvalue weighted by Crippen LogP contribution is 2.37. The molecule has 0 fully saturated rings. The second-order valence-electron chi connectivity index (χ2n) is 3.76. The number of rotatable bonds is 4. The van der Waals surface area contributed by atoms with Crippen LogP contribution in [0.3, 0.4) is 0 Å². The number of esters is 1. The summed E-state index contributed by atoms with van der Waals surface area (Å²) >= 11 is 6.70. The first-order valence-corrected chi connectivity index (χ1v) is 6.91. The van der Waals surface area contributed by atoms with Crippen LogP contribution in [0.2, 0.25) is 5.02 Å². The van der Waals surface area contributed by atoms with Crippen molar-refractivity contribution in [1.29, 1.82) is 0 Å². The molecule has 0 atom stereocenters. The number of ether oxygens (including phenoxy) is 1. The van der Waals surface area contributed by atoms with Gasteiger partial charge in [-0.15, -0.1) is 11.3 Å². The Balaban J connectivity index is 2.51. The molecular formula is C12H8ClFN2O4S. The third-order valence-electron chi connectivity index (χ3n) is 2.40. The summed E-state index contributed by atoms with van der Waals surface area (Å²) < 4.78 is 18.3. The number of carbonyl (C=O) groups excluding carboxylic acids is 1. The number of nitro benzene ring substituents is 1. The van der Waals surface area contributed by atoms with Gasteiger partial charge < -0.3 is 4.74 Å². The van der Waals surface area contributed by atoms with Crippen molar-refractivity contribution in [3.8, 4) is 0 Å². The van der Waals surface area contributed by atoms with Gasteiger partial charge in [-0.3, -0.25) is 10.1 Å². The molecular weight excluding hydrogens is 323 g/mol. The number of nitro groups is 1. The highest BCUT2D eigenvalue weighted by atomic mass is 35.5. The average Bonchev–Trinajstić information content (AvgIpc) is 2.80. The van der Waals surface area contributed by atoms with E-state index >= 15 is 0 Å². The lowest BCUT2D eigenvalue weighted by molar-refractivity contribution is -0.385. The lowest BCUT2D eigenvalue weighted by Crippen LogP contribution is -1.98. The zero-order valence-electron chi connectivity index (χ0n) is 10.6. The van der Waals surface area contributed by atoms with E-state index in [2.05, 4.69) is 4.98 Å². The van der Waals surface area contributed by atoms with Crippen LogP contribution < -0.4 is 0 Å². The fourth-order valence-corrected chi connectivity index (χ4v) is 2.88. The summed E-state index contributed by atoms with van der Waals surface area (Å²) in [7, 11) is 0. The molecule has 0 N–H and O–H groups in total. The van der Waals surface area contributed by atoms with Crippen molar-refractivity contribution in [2.45, 2.75) is 6.92 Å². The number of hydrogen-bond acceptors (Lipinski definition) is 6. The van der Waals surface area contributed by atoms with Gasteiger partial charge in [0, 0.05) is 12.1 Å². The van der Waals surface area contributed by atoms with Gasteiger partial charge in [-0.2, -0.15) is 4.39 Å². The summed E-state index contributed by atoms with van der Waals surface area (Å²) in [5.74, 6) is -1.59. The Kier molecular flexibility index (Phi) is 4.49. The Morgan fingerprint density at radius 3 is 3.00 bits per heavy atom. The molecule has 0 radical (unpaired) electrons. The van der Waals surface area contributed by atoms with Crippen molar-refractivity contribution in [1.82, 2.24) is 4.98 Å². The number of thiazole rings is 1. The van der Waals surface area contributed by atoms with E-state index in [-0.39, 0.29) is 26.9 Å². The average molecular weight is 331 g/mol. The zero-order chi connectivity index (χ0) is 15.6. The number of aromatic nitrogens is 1. The molecule has 1 heterocycles. The number of halogens is 2. The molecule has 110 valence electrons. The van der Waals surface area contributed by atoms with Crippen molar-refractivity contribution in [2.75, 3.05) is 6.61 Å². The molecule has 0 saturated heterocycles. The van der Waals surface area contributed by atoms with Crippen molar-refractivity contribution in [3.05, 3.63) is 38.1 Å². The second kappa shape index (κ2) is 6.15. The van der Waals surface area contributed by atoms with E-state index in [1.54, 1.807) is 6.92 Å². The monoisotopic (exact) mass is 330 g/mol. The van der Waals surface area contributed by atoms with E-state index in [0.717, 1.165) is 23.5 Å². The molecule has 9 heteroatoms. The number of hydrogen-bond donors (Lipinski definition) is 0. The van der Waals surface area contributed by atoms with Crippen LogP contribution in [-0.2, 0) is 9.53 Å². The van der Waals surface area contributed by atoms with Gasteiger partial charge in [-0.25, -0.2) is 9.78 Å². The molecule has 0 spiro atoms. The summed E-state index contributed by atoms with van der Waals surface area (Å²) in [6.07, 6.45) is 2.47. The molecule has 0 aliphatic carbocycles. The minimum absolute atomic E-state index is 0.0218. The Labute approximate surface area is 127 Å². The molecule has 0 aliphatic rings. The summed E-state index contributed by atoms with van der Waals surface area (Å²) in [5, 5.41) is 11.2. The Bertz CT molecular complexity index is 759. The van der Waals surface area contributed by atoms with Crippen LogP contribution in [0.1, 0.15) is 11.9 Å². The van der Waals surface area contributed by atoms with Gasteiger partial charge in [-0.05, 0) is 13.0 Å². The van der Waals surface area contributed by atoms with Crippen molar-refractivity contribution in [2.24, 2.45) is 0 Å². The zero-order valence-corrected chi connectivity index (χ0v) is 12.2. The van der Waals surface area contributed by atoms with Crippen molar-refractivity contribution in [3.63, 3.8) is 0 Å². The Hall–Kier alpha value is -2.06. The standard InChI is InChI=1S/C12H8ClFN2O4S/c1-2-20-9(17)4-3-8-15-10-6(13)5-7(14)11(16(18)19)12(10)21-8/h3-5H,2H2,1H3/b4-3+. The van der Waals surface area contributed by atoms with Gasteiger partial charge in [0.15, 0.2) is 0 Å². The predicted molar refractivity (Wildman–Crippen MR) is 76.9 cm³/mol. The molecule has 0 bridgehead atoms. The largest absolute Gasteiger partial charge is 0.463 e. The van der Waals surface area contributed by atoms with E-state index in [1.165, 1.54) is 6.08 Å². The Morgan fingerprint density at radius 1 is 1.67 bits per heavy atom. The molecule has 2 aromatic rings. The molecule has 0 saturated carbocycles. The van der Waals surface area contributed by atoms with Crippen LogP contribution in [0, 0.1) is 15.9 Å². The first-order chi connectivity index (χ1) is 9.93. The maximum atomic E-state index is 13.6. The lowest BCUT2D eigenvalue weighted by Gasteiger charge is -1.96. The van der Waals surface area contributed by atoms with E-state index < -0.39 is 22.4 Å². The molecule has 1 aromatic carbocycles. The molecule has 2 rings (SSSR count). The summed E-state index contributed by atoms with van der Waals surface area (Å²) in [6.45, 7) is 1.89. The van der Waals surface area contributed by atoms with E-state index in [1.807, 2.05) is 0 Å². The number of benzene rings is 1. The van der Waals surface area contributed by atoms with Gasteiger partial charge in [0.25, 0.3) is 0 Å². The quantitative estimate of drug-likeness (QED) is 0.370. The van der Waals surface area contributed by atoms with Gasteiger partial charge in [0.2, 0.25) is 5.82 Å². The fraction of sp³-hybridized carbons (Fsp3) is 0.167. The first-order valence-electron chi connectivity index (χ1n) is 5.71. The Morgan fingerprint density at radius 2 is 2.38 bits per heavy atom. The van der Waals surface area contributed by atoms with Gasteiger partial charge in [-0.1, -0.05) is 11.6 Å². The molecule has 0 aliphatic heterocycles. The smallest absolute Gasteiger partial charge is 0.330 e. The van der Waals surface area contributed by atoms with Gasteiger partial charge >= 0.3 is 11.7 Å². The van der Waals surface area contributed by atoms with Crippen LogP contribution >= 0.6 is 22.9 Å². The van der Waals surface area contributed by atoms with Crippen LogP contribution in [0.15, 0.2) is 12.1 Å². The fourth-order valence-electron chi connectivity index (χ4n) is 1.59. The third-order valence-corrected chi connectivity index (χ3v) is 3.71. The maximum Gasteiger partial charge on any atom is 0.330 e. The van der Waals surface area contributed by atoms with Crippen molar-refractivity contribution < 1.29 is 18.8 Å². The summed E-state index contributed by atoms with van der Waals surface area (Å²) in [6, 6.07) is 0.848. The minimum Gasteiger partial charge on any atom is -0.463 e. The van der Waals surface area contributed by atoms with Gasteiger partial charge in [0.1, 0.15) is 15.2 Å². The van der Waals surface area contributed by atoms with E-state index in [0.29, 0.717) is 0 Å². The lowest BCUT2D eigenvalue weighted by atomic mass is 10.3. The van der Waals surface area contributed by atoms with Crippen molar-refractivity contribution >= 4 is 50.9 Å². The highest BCUT2D eigenvalue weighted by molar-refractivity contribution is 7.20. The second-order valence-corrected chi connectivity index (χ2v) is 5.20. The van der Waals surface area contributed by atoms with E-state index in [4.69, 9.17) is 16.3 Å². The normalized spacial score (nSPS) is 11.2. The first kappa shape index (κ1) is 15.3. The topological polar surface area (TPSA) is 82.3 Å². The van der Waals surface area contributed by atoms with Gasteiger partial charge in [0.05, 0.1) is 16.6 Å². The van der Waals surface area contributed by atoms with Crippen LogP contribution in [0.5, 0.6) is 0 Å². The number of nitrogens with zero attached hydrogens (tertiary/aromatic N) is 2. The minimum atomic E-state index is -1.03. The van der Waals surface area contributed by atoms with E-state index in [9.17, 15) is 19.3 Å². The summed E-state index contributed by atoms with van der Waals surface area (Å²) in [5.41, 5.74) is -0.555. The number of fused-ring (bicyclic) bond motifs is 1. The predicted octanol–water partition coefficient (Wildman–Crippen LogP) is 3.57. The molecule has 1 aromatic heterocycles. The molecule has 0 unspecified atom stereocenters.